The first-order chi connectivity index (χ1) is 12.1. The van der Waals surface area contributed by atoms with Crippen LogP contribution in [0.5, 0.6) is 11.5 Å². The fourth-order valence-electron chi connectivity index (χ4n) is 2.59. The lowest BCUT2D eigenvalue weighted by Crippen LogP contribution is -2.20. The molecule has 0 spiro atoms. The van der Waals surface area contributed by atoms with E-state index < -0.39 is 0 Å². The third-order valence-corrected chi connectivity index (χ3v) is 3.88. The van der Waals surface area contributed by atoms with Crippen LogP contribution in [0.25, 0.3) is 10.9 Å². The molecule has 2 aromatic carbocycles. The Morgan fingerprint density at radius 2 is 1.92 bits per heavy atom. The number of nitrogens with zero attached hydrogens (tertiary/aromatic N) is 1. The summed E-state index contributed by atoms with van der Waals surface area (Å²) in [6.07, 6.45) is 0. The Labute approximate surface area is 146 Å². The highest BCUT2D eigenvalue weighted by molar-refractivity contribution is 5.93. The minimum Gasteiger partial charge on any atom is -0.497 e. The van der Waals surface area contributed by atoms with Gasteiger partial charge in [0.2, 0.25) is 0 Å². The van der Waals surface area contributed by atoms with Gasteiger partial charge in [-0.2, -0.15) is 0 Å². The number of carbonyl (C=O) groups excluding carboxylic acids is 1. The van der Waals surface area contributed by atoms with Crippen LogP contribution in [0.15, 0.2) is 48.5 Å². The summed E-state index contributed by atoms with van der Waals surface area (Å²) in [6, 6.07) is 15.0. The molecule has 128 valence electrons. The number of ether oxygens (including phenoxy) is 2. The predicted molar refractivity (Wildman–Crippen MR) is 98.3 cm³/mol. The molecule has 0 radical (unpaired) electrons. The van der Waals surface area contributed by atoms with Gasteiger partial charge in [0.25, 0.3) is 5.91 Å². The molecule has 0 unspecified atom stereocenters. The van der Waals surface area contributed by atoms with Gasteiger partial charge in [-0.1, -0.05) is 18.2 Å². The van der Waals surface area contributed by atoms with Gasteiger partial charge >= 0.3 is 0 Å². The first-order valence-electron chi connectivity index (χ1n) is 8.00. The highest BCUT2D eigenvalue weighted by Crippen LogP contribution is 2.29. The van der Waals surface area contributed by atoms with E-state index in [9.17, 15) is 4.79 Å². The van der Waals surface area contributed by atoms with Crippen molar-refractivity contribution >= 4 is 22.5 Å². The van der Waals surface area contributed by atoms with E-state index in [0.29, 0.717) is 11.5 Å². The molecule has 0 bridgehead atoms. The number of hydrogen-bond acceptors (Lipinski definition) is 4. The summed E-state index contributed by atoms with van der Waals surface area (Å²) >= 11 is 0. The van der Waals surface area contributed by atoms with Crippen LogP contribution in [0, 0.1) is 13.8 Å². The molecule has 0 saturated carbocycles. The number of rotatable bonds is 5. The number of methoxy groups -OCH3 is 1. The number of nitrogens with one attached hydrogen (secondary N) is 1. The zero-order chi connectivity index (χ0) is 17.8. The zero-order valence-corrected chi connectivity index (χ0v) is 14.5. The van der Waals surface area contributed by atoms with Crippen LogP contribution in [0.1, 0.15) is 11.3 Å². The summed E-state index contributed by atoms with van der Waals surface area (Å²) < 4.78 is 11.0. The van der Waals surface area contributed by atoms with Gasteiger partial charge in [-0.25, -0.2) is 0 Å². The van der Waals surface area contributed by atoms with Gasteiger partial charge < -0.3 is 14.8 Å². The number of benzene rings is 2. The molecule has 0 fully saturated rings. The fourth-order valence-corrected chi connectivity index (χ4v) is 2.59. The highest BCUT2D eigenvalue weighted by Gasteiger charge is 2.10. The molecule has 3 rings (SSSR count). The Hall–Kier alpha value is -3.08. The van der Waals surface area contributed by atoms with Crippen LogP contribution in [0.4, 0.5) is 5.69 Å². The van der Waals surface area contributed by atoms with E-state index in [1.54, 1.807) is 7.11 Å². The van der Waals surface area contributed by atoms with Crippen molar-refractivity contribution in [3.05, 3.63) is 59.8 Å². The van der Waals surface area contributed by atoms with Gasteiger partial charge in [-0.05, 0) is 43.7 Å². The number of anilines is 1. The number of para-hydroxylation sites is 1. The molecule has 1 heterocycles. The molecule has 5 heteroatoms. The molecule has 0 atom stereocenters. The van der Waals surface area contributed by atoms with Gasteiger partial charge in [0.1, 0.15) is 11.5 Å². The number of carbonyl (C=O) groups is 1. The van der Waals surface area contributed by atoms with Crippen molar-refractivity contribution in [2.75, 3.05) is 19.0 Å². The van der Waals surface area contributed by atoms with Crippen LogP contribution in [-0.2, 0) is 4.79 Å². The zero-order valence-electron chi connectivity index (χ0n) is 14.5. The summed E-state index contributed by atoms with van der Waals surface area (Å²) in [7, 11) is 1.61. The van der Waals surface area contributed by atoms with Gasteiger partial charge in [-0.15, -0.1) is 0 Å². The second kappa shape index (κ2) is 7.21. The van der Waals surface area contributed by atoms with Crippen LogP contribution >= 0.6 is 0 Å². The number of amides is 1. The van der Waals surface area contributed by atoms with Crippen molar-refractivity contribution in [3.63, 3.8) is 0 Å². The molecule has 25 heavy (non-hydrogen) atoms. The largest absolute Gasteiger partial charge is 0.497 e. The molecule has 0 aliphatic heterocycles. The van der Waals surface area contributed by atoms with Crippen molar-refractivity contribution < 1.29 is 14.3 Å². The molecule has 1 amide bonds. The minimum atomic E-state index is -0.209. The van der Waals surface area contributed by atoms with Crippen LogP contribution in [-0.4, -0.2) is 24.6 Å². The monoisotopic (exact) mass is 336 g/mol. The number of pyridine rings is 1. The molecule has 1 aromatic heterocycles. The molecular weight excluding hydrogens is 316 g/mol. The Kier molecular flexibility index (Phi) is 4.84. The molecule has 0 saturated heterocycles. The van der Waals surface area contributed by atoms with Crippen molar-refractivity contribution in [1.82, 2.24) is 4.98 Å². The number of fused-ring (bicyclic) bond motifs is 1. The van der Waals surface area contributed by atoms with Crippen LogP contribution < -0.4 is 14.8 Å². The van der Waals surface area contributed by atoms with E-state index in [-0.39, 0.29) is 12.5 Å². The highest BCUT2D eigenvalue weighted by atomic mass is 16.5. The third-order valence-electron chi connectivity index (χ3n) is 3.88. The lowest BCUT2D eigenvalue weighted by molar-refractivity contribution is -0.118. The van der Waals surface area contributed by atoms with Gasteiger partial charge in [0.05, 0.1) is 12.6 Å². The first kappa shape index (κ1) is 16.8. The molecule has 0 aliphatic carbocycles. The molecule has 0 aliphatic rings. The molecule has 3 aromatic rings. The topological polar surface area (TPSA) is 60.5 Å². The summed E-state index contributed by atoms with van der Waals surface area (Å²) in [5, 5.41) is 3.67. The summed E-state index contributed by atoms with van der Waals surface area (Å²) in [4.78, 5) is 16.7. The van der Waals surface area contributed by atoms with Gasteiger partial charge in [-0.3, -0.25) is 9.78 Å². The summed E-state index contributed by atoms with van der Waals surface area (Å²) in [6.45, 7) is 3.76. The SMILES string of the molecule is COc1ccc2nc(C)cc(OCC(=O)Nc3ccccc3C)c2c1. The van der Waals surface area contributed by atoms with Crippen LogP contribution in [0.2, 0.25) is 0 Å². The van der Waals surface area contributed by atoms with Crippen LogP contribution in [0.3, 0.4) is 0 Å². The maximum Gasteiger partial charge on any atom is 0.262 e. The predicted octanol–water partition coefficient (Wildman–Crippen LogP) is 3.88. The van der Waals surface area contributed by atoms with E-state index in [0.717, 1.165) is 27.8 Å². The van der Waals surface area contributed by atoms with E-state index >= 15 is 0 Å². The molecular formula is C20H20N2O3. The van der Waals surface area contributed by atoms with Crippen molar-refractivity contribution in [2.45, 2.75) is 13.8 Å². The quantitative estimate of drug-likeness (QED) is 0.768. The maximum atomic E-state index is 12.2. The smallest absolute Gasteiger partial charge is 0.262 e. The average molecular weight is 336 g/mol. The second-order valence-corrected chi connectivity index (χ2v) is 5.80. The minimum absolute atomic E-state index is 0.0793. The maximum absolute atomic E-state index is 12.2. The summed E-state index contributed by atoms with van der Waals surface area (Å²) in [5.41, 5.74) is 3.42. The number of hydrogen-bond donors (Lipinski definition) is 1. The van der Waals surface area contributed by atoms with Gasteiger partial charge in [0, 0.05) is 22.8 Å². The number of aromatic nitrogens is 1. The fraction of sp³-hybridized carbons (Fsp3) is 0.200. The van der Waals surface area contributed by atoms with Crippen molar-refractivity contribution in [3.8, 4) is 11.5 Å². The van der Waals surface area contributed by atoms with E-state index in [1.165, 1.54) is 0 Å². The van der Waals surface area contributed by atoms with E-state index in [4.69, 9.17) is 9.47 Å². The van der Waals surface area contributed by atoms with E-state index in [1.807, 2.05) is 62.4 Å². The normalized spacial score (nSPS) is 10.5. The molecule has 5 nitrogen and oxygen atoms in total. The Morgan fingerprint density at radius 1 is 1.12 bits per heavy atom. The average Bonchev–Trinajstić information content (AvgIpc) is 2.61. The lowest BCUT2D eigenvalue weighted by atomic mass is 10.1. The van der Waals surface area contributed by atoms with Crippen molar-refractivity contribution in [2.24, 2.45) is 0 Å². The van der Waals surface area contributed by atoms with Gasteiger partial charge in [0.15, 0.2) is 6.61 Å². The lowest BCUT2D eigenvalue weighted by Gasteiger charge is -2.12. The Bertz CT molecular complexity index is 922. The number of aryl methyl sites for hydroxylation is 2. The summed E-state index contributed by atoms with van der Waals surface area (Å²) in [5.74, 6) is 1.12. The Morgan fingerprint density at radius 3 is 2.68 bits per heavy atom. The standard InChI is InChI=1S/C20H20N2O3/c1-13-6-4-5-7-17(13)22-20(23)12-25-19-10-14(2)21-18-9-8-15(24-3)11-16(18)19/h4-11H,12H2,1-3H3,(H,22,23). The van der Waals surface area contributed by atoms with Crippen molar-refractivity contribution in [1.29, 1.82) is 0 Å². The Balaban J connectivity index is 1.78. The molecule has 1 N–H and O–H groups in total. The second-order valence-electron chi connectivity index (χ2n) is 5.80. The third kappa shape index (κ3) is 3.88. The first-order valence-corrected chi connectivity index (χ1v) is 8.00. The van der Waals surface area contributed by atoms with E-state index in [2.05, 4.69) is 10.3 Å².